The summed E-state index contributed by atoms with van der Waals surface area (Å²) < 4.78 is 0. The average molecular weight is 263 g/mol. The Labute approximate surface area is 116 Å². The van der Waals surface area contributed by atoms with Crippen molar-refractivity contribution in [3.05, 3.63) is 35.4 Å². The number of hydrogen-bond acceptors (Lipinski definition) is 2. The van der Waals surface area contributed by atoms with Gasteiger partial charge in [-0.05, 0) is 38.2 Å². The van der Waals surface area contributed by atoms with Crippen LogP contribution in [0, 0.1) is 6.92 Å². The first-order chi connectivity index (χ1) is 9.02. The Kier molecular flexibility index (Phi) is 6.57. The minimum absolute atomic E-state index is 0.0630. The van der Waals surface area contributed by atoms with E-state index >= 15 is 0 Å². The van der Waals surface area contributed by atoms with Crippen LogP contribution in [0.5, 0.6) is 0 Å². The van der Waals surface area contributed by atoms with E-state index in [1.807, 2.05) is 0 Å². The van der Waals surface area contributed by atoms with E-state index in [0.29, 0.717) is 19.4 Å². The van der Waals surface area contributed by atoms with Crippen LogP contribution >= 0.6 is 0 Å². The molecule has 2 unspecified atom stereocenters. The summed E-state index contributed by atoms with van der Waals surface area (Å²) in [5.74, 6) is 0.334. The summed E-state index contributed by atoms with van der Waals surface area (Å²) in [6.07, 6.45) is 1.71. The van der Waals surface area contributed by atoms with Gasteiger partial charge in [-0.25, -0.2) is 0 Å². The highest BCUT2D eigenvalue weighted by atomic mass is 16.3. The van der Waals surface area contributed by atoms with Gasteiger partial charge in [0, 0.05) is 13.0 Å². The van der Waals surface area contributed by atoms with Crippen LogP contribution in [0.4, 0.5) is 0 Å². The molecule has 2 atom stereocenters. The molecule has 2 N–H and O–H groups in total. The molecule has 1 amide bonds. The number of aliphatic hydroxyl groups excluding tert-OH is 1. The summed E-state index contributed by atoms with van der Waals surface area (Å²) in [6, 6.07) is 8.38. The minimum atomic E-state index is -0.362. The molecule has 0 radical (unpaired) electrons. The van der Waals surface area contributed by atoms with Crippen molar-refractivity contribution >= 4 is 5.91 Å². The third kappa shape index (κ3) is 5.88. The molecule has 0 heterocycles. The largest absolute Gasteiger partial charge is 0.393 e. The lowest BCUT2D eigenvalue weighted by molar-refractivity contribution is -0.121. The Morgan fingerprint density at radius 3 is 2.47 bits per heavy atom. The first-order valence-corrected chi connectivity index (χ1v) is 7.04. The molecule has 0 saturated carbocycles. The van der Waals surface area contributed by atoms with Crippen LogP contribution < -0.4 is 5.32 Å². The fourth-order valence-corrected chi connectivity index (χ4v) is 2.05. The summed E-state index contributed by atoms with van der Waals surface area (Å²) in [7, 11) is 0. The highest BCUT2D eigenvalue weighted by Gasteiger charge is 2.14. The number of aryl methyl sites for hydroxylation is 1. The molecule has 0 fully saturated rings. The second kappa shape index (κ2) is 7.95. The summed E-state index contributed by atoms with van der Waals surface area (Å²) in [6.45, 7) is 6.44. The van der Waals surface area contributed by atoms with Crippen LogP contribution in [0.25, 0.3) is 0 Å². The quantitative estimate of drug-likeness (QED) is 0.794. The molecule has 0 saturated heterocycles. The molecule has 0 aliphatic heterocycles. The van der Waals surface area contributed by atoms with Crippen molar-refractivity contribution < 1.29 is 9.90 Å². The van der Waals surface area contributed by atoms with Crippen molar-refractivity contribution in [2.45, 2.75) is 52.1 Å². The fourth-order valence-electron chi connectivity index (χ4n) is 2.05. The molecule has 3 nitrogen and oxygen atoms in total. The first kappa shape index (κ1) is 15.7. The molecule has 1 aromatic carbocycles. The highest BCUT2D eigenvalue weighted by Crippen LogP contribution is 2.23. The highest BCUT2D eigenvalue weighted by molar-refractivity contribution is 5.76. The lowest BCUT2D eigenvalue weighted by atomic mass is 9.92. The van der Waals surface area contributed by atoms with Gasteiger partial charge in [-0.1, -0.05) is 36.8 Å². The zero-order chi connectivity index (χ0) is 14.3. The lowest BCUT2D eigenvalue weighted by Crippen LogP contribution is -2.27. The minimum Gasteiger partial charge on any atom is -0.393 e. The Hall–Kier alpha value is -1.35. The number of rotatable bonds is 7. The van der Waals surface area contributed by atoms with Gasteiger partial charge in [0.15, 0.2) is 0 Å². The number of benzene rings is 1. The van der Waals surface area contributed by atoms with Gasteiger partial charge in [-0.15, -0.1) is 0 Å². The van der Waals surface area contributed by atoms with Crippen molar-refractivity contribution in [1.29, 1.82) is 0 Å². The molecular weight excluding hydrogens is 238 g/mol. The SMILES string of the molecule is CCC(CC(=O)NCCC(C)O)c1ccc(C)cc1. The third-order valence-electron chi connectivity index (χ3n) is 3.36. The van der Waals surface area contributed by atoms with Gasteiger partial charge >= 0.3 is 0 Å². The van der Waals surface area contributed by atoms with Crippen molar-refractivity contribution in [1.82, 2.24) is 5.32 Å². The Balaban J connectivity index is 2.47. The summed E-state index contributed by atoms with van der Waals surface area (Å²) in [4.78, 5) is 11.8. The molecule has 19 heavy (non-hydrogen) atoms. The number of carbonyl (C=O) groups is 1. The van der Waals surface area contributed by atoms with Crippen LogP contribution in [0.15, 0.2) is 24.3 Å². The Bertz CT molecular complexity index is 384. The number of aliphatic hydroxyl groups is 1. The average Bonchev–Trinajstić information content (AvgIpc) is 2.36. The van der Waals surface area contributed by atoms with Gasteiger partial charge < -0.3 is 10.4 Å². The molecule has 0 aromatic heterocycles. The molecule has 3 heteroatoms. The predicted octanol–water partition coefficient (Wildman–Crippen LogP) is 2.77. The van der Waals surface area contributed by atoms with Crippen LogP contribution in [0.2, 0.25) is 0 Å². The van der Waals surface area contributed by atoms with Gasteiger partial charge in [0.1, 0.15) is 0 Å². The smallest absolute Gasteiger partial charge is 0.220 e. The van der Waals surface area contributed by atoms with E-state index in [1.165, 1.54) is 11.1 Å². The van der Waals surface area contributed by atoms with Gasteiger partial charge in [-0.2, -0.15) is 0 Å². The van der Waals surface area contributed by atoms with E-state index in [4.69, 9.17) is 5.11 Å². The molecule has 0 aliphatic carbocycles. The van der Waals surface area contributed by atoms with E-state index in [0.717, 1.165) is 6.42 Å². The second-order valence-electron chi connectivity index (χ2n) is 5.21. The summed E-state index contributed by atoms with van der Waals surface area (Å²) >= 11 is 0. The van der Waals surface area contributed by atoms with Gasteiger partial charge in [0.05, 0.1) is 6.10 Å². The van der Waals surface area contributed by atoms with E-state index in [1.54, 1.807) is 6.92 Å². The van der Waals surface area contributed by atoms with Crippen molar-refractivity contribution in [3.8, 4) is 0 Å². The maximum atomic E-state index is 11.8. The van der Waals surface area contributed by atoms with Crippen LogP contribution in [0.1, 0.15) is 50.2 Å². The van der Waals surface area contributed by atoms with E-state index in [9.17, 15) is 4.79 Å². The topological polar surface area (TPSA) is 49.3 Å². The second-order valence-corrected chi connectivity index (χ2v) is 5.21. The predicted molar refractivity (Wildman–Crippen MR) is 78.1 cm³/mol. The molecule has 1 rings (SSSR count). The van der Waals surface area contributed by atoms with Crippen molar-refractivity contribution in [3.63, 3.8) is 0 Å². The number of carbonyl (C=O) groups excluding carboxylic acids is 1. The maximum absolute atomic E-state index is 11.8. The molecule has 0 bridgehead atoms. The number of amides is 1. The third-order valence-corrected chi connectivity index (χ3v) is 3.36. The van der Waals surface area contributed by atoms with Crippen molar-refractivity contribution in [2.75, 3.05) is 6.54 Å². The van der Waals surface area contributed by atoms with Crippen LogP contribution in [-0.4, -0.2) is 23.7 Å². The first-order valence-electron chi connectivity index (χ1n) is 7.04. The standard InChI is InChI=1S/C16H25NO2/c1-4-14(15-7-5-12(2)6-8-15)11-16(19)17-10-9-13(3)18/h5-8,13-14,18H,4,9-11H2,1-3H3,(H,17,19). The molecule has 0 spiro atoms. The number of nitrogens with one attached hydrogen (secondary N) is 1. The van der Waals surface area contributed by atoms with Crippen LogP contribution in [-0.2, 0) is 4.79 Å². The summed E-state index contributed by atoms with van der Waals surface area (Å²) in [5.41, 5.74) is 2.46. The van der Waals surface area contributed by atoms with E-state index in [-0.39, 0.29) is 17.9 Å². The van der Waals surface area contributed by atoms with Gasteiger partial charge in [0.25, 0.3) is 0 Å². The molecule has 106 valence electrons. The zero-order valence-corrected chi connectivity index (χ0v) is 12.1. The maximum Gasteiger partial charge on any atom is 0.220 e. The van der Waals surface area contributed by atoms with Crippen LogP contribution in [0.3, 0.4) is 0 Å². The molecule has 1 aromatic rings. The number of hydrogen-bond donors (Lipinski definition) is 2. The lowest BCUT2D eigenvalue weighted by Gasteiger charge is -2.15. The van der Waals surface area contributed by atoms with Gasteiger partial charge in [-0.3, -0.25) is 4.79 Å². The fraction of sp³-hybridized carbons (Fsp3) is 0.562. The Morgan fingerprint density at radius 2 is 1.95 bits per heavy atom. The van der Waals surface area contributed by atoms with Gasteiger partial charge in [0.2, 0.25) is 5.91 Å². The molecular formula is C16H25NO2. The van der Waals surface area contributed by atoms with Crippen molar-refractivity contribution in [2.24, 2.45) is 0 Å². The zero-order valence-electron chi connectivity index (χ0n) is 12.1. The molecule has 0 aliphatic rings. The Morgan fingerprint density at radius 1 is 1.32 bits per heavy atom. The summed E-state index contributed by atoms with van der Waals surface area (Å²) in [5, 5.41) is 12.0. The van der Waals surface area contributed by atoms with E-state index in [2.05, 4.69) is 43.4 Å². The normalized spacial score (nSPS) is 13.9. The van der Waals surface area contributed by atoms with E-state index < -0.39 is 0 Å². The monoisotopic (exact) mass is 263 g/mol.